The number of rotatable bonds is 6. The fourth-order valence-electron chi connectivity index (χ4n) is 3.45. The number of nitrogens with zero attached hydrogens (tertiary/aromatic N) is 1. The molecule has 0 aliphatic carbocycles. The van der Waals surface area contributed by atoms with Crippen LogP contribution in [-0.2, 0) is 16.2 Å². The molecule has 9 heteroatoms. The second kappa shape index (κ2) is 10.2. The molecule has 1 saturated heterocycles. The number of carbonyl (C=O) groups is 3. The molecule has 3 aromatic rings. The van der Waals surface area contributed by atoms with Gasteiger partial charge < -0.3 is 9.47 Å². The maximum atomic E-state index is 13.1. The molecule has 1 aliphatic heterocycles. The number of urea groups is 1. The van der Waals surface area contributed by atoms with Crippen molar-refractivity contribution in [3.05, 3.63) is 93.0 Å². The number of benzene rings is 3. The minimum atomic E-state index is -0.817. The molecule has 0 radical (unpaired) electrons. The lowest BCUT2D eigenvalue weighted by Gasteiger charge is -2.26. The van der Waals surface area contributed by atoms with E-state index in [0.717, 1.165) is 16.0 Å². The molecule has 0 bridgehead atoms. The van der Waals surface area contributed by atoms with Crippen LogP contribution in [0.15, 0.2) is 66.2 Å². The predicted octanol–water partition coefficient (Wildman–Crippen LogP) is 5.56. The van der Waals surface area contributed by atoms with E-state index in [9.17, 15) is 14.4 Å². The maximum Gasteiger partial charge on any atom is 0.335 e. The topological polar surface area (TPSA) is 84.9 Å². The van der Waals surface area contributed by atoms with Gasteiger partial charge in [-0.3, -0.25) is 14.9 Å². The molecule has 178 valence electrons. The van der Waals surface area contributed by atoms with Crippen LogP contribution in [0.1, 0.15) is 16.7 Å². The molecule has 4 rings (SSSR count). The number of hydrogen-bond donors (Lipinski definition) is 1. The Bertz CT molecular complexity index is 1340. The Balaban J connectivity index is 1.63. The van der Waals surface area contributed by atoms with Gasteiger partial charge in [-0.15, -0.1) is 0 Å². The molecule has 7 nitrogen and oxygen atoms in total. The molecule has 0 spiro atoms. The maximum absolute atomic E-state index is 13.1. The van der Waals surface area contributed by atoms with E-state index in [1.807, 2.05) is 19.1 Å². The van der Waals surface area contributed by atoms with Crippen LogP contribution in [0.3, 0.4) is 0 Å². The van der Waals surface area contributed by atoms with E-state index in [4.69, 9.17) is 32.7 Å². The van der Waals surface area contributed by atoms with Crippen LogP contribution in [0, 0.1) is 6.92 Å². The molecule has 4 amide bonds. The summed E-state index contributed by atoms with van der Waals surface area (Å²) in [5.74, 6) is -0.933. The van der Waals surface area contributed by atoms with E-state index >= 15 is 0 Å². The van der Waals surface area contributed by atoms with Crippen LogP contribution in [0.4, 0.5) is 10.5 Å². The lowest BCUT2D eigenvalue weighted by Crippen LogP contribution is -2.54. The summed E-state index contributed by atoms with van der Waals surface area (Å²) >= 11 is 12.4. The van der Waals surface area contributed by atoms with Gasteiger partial charge in [-0.05, 0) is 60.5 Å². The number of halogens is 2. The van der Waals surface area contributed by atoms with Gasteiger partial charge in [-0.2, -0.15) is 0 Å². The molecular formula is C26H20Cl2N2O5. The average molecular weight is 511 g/mol. The monoisotopic (exact) mass is 510 g/mol. The Kier molecular flexibility index (Phi) is 7.10. The Hall–Kier alpha value is -3.81. The summed E-state index contributed by atoms with van der Waals surface area (Å²) < 4.78 is 11.3. The minimum Gasteiger partial charge on any atom is -0.493 e. The first kappa shape index (κ1) is 24.3. The zero-order valence-corrected chi connectivity index (χ0v) is 20.3. The summed E-state index contributed by atoms with van der Waals surface area (Å²) in [6.07, 6.45) is 1.35. The molecule has 0 unspecified atom stereocenters. The van der Waals surface area contributed by atoms with Crippen molar-refractivity contribution in [2.75, 3.05) is 12.0 Å². The highest BCUT2D eigenvalue weighted by molar-refractivity contribution is 6.39. The van der Waals surface area contributed by atoms with Crippen molar-refractivity contribution in [2.45, 2.75) is 13.5 Å². The van der Waals surface area contributed by atoms with Crippen molar-refractivity contribution in [2.24, 2.45) is 0 Å². The van der Waals surface area contributed by atoms with Gasteiger partial charge in [-0.1, -0.05) is 53.0 Å². The van der Waals surface area contributed by atoms with Crippen LogP contribution in [-0.4, -0.2) is 25.0 Å². The van der Waals surface area contributed by atoms with Gasteiger partial charge in [0.2, 0.25) is 0 Å². The second-order valence-corrected chi connectivity index (χ2v) is 8.59. The minimum absolute atomic E-state index is 0.222. The largest absolute Gasteiger partial charge is 0.493 e. The number of anilines is 1. The van der Waals surface area contributed by atoms with Crippen LogP contribution in [0.5, 0.6) is 11.5 Å². The van der Waals surface area contributed by atoms with Gasteiger partial charge in [0.1, 0.15) is 12.2 Å². The van der Waals surface area contributed by atoms with Gasteiger partial charge in [-0.25, -0.2) is 9.69 Å². The lowest BCUT2D eigenvalue weighted by atomic mass is 10.1. The number of barbiturate groups is 1. The number of aryl methyl sites for hydroxylation is 1. The van der Waals surface area contributed by atoms with E-state index in [0.29, 0.717) is 27.8 Å². The van der Waals surface area contributed by atoms with Gasteiger partial charge >= 0.3 is 6.03 Å². The zero-order valence-electron chi connectivity index (χ0n) is 18.8. The molecule has 0 saturated carbocycles. The molecule has 1 fully saturated rings. The SMILES string of the molecule is COc1cc(/C=C2\C(=O)NC(=O)N(c3ccc(C)cc3)C2=O)cc(Cl)c1OCc1ccc(Cl)cc1. The zero-order chi connectivity index (χ0) is 25.1. The van der Waals surface area contributed by atoms with E-state index in [1.54, 1.807) is 48.5 Å². The van der Waals surface area contributed by atoms with Gasteiger partial charge in [0, 0.05) is 5.02 Å². The third-order valence-electron chi connectivity index (χ3n) is 5.25. The van der Waals surface area contributed by atoms with Crippen molar-refractivity contribution in [1.82, 2.24) is 5.32 Å². The first-order chi connectivity index (χ1) is 16.8. The Morgan fingerprint density at radius 3 is 2.31 bits per heavy atom. The van der Waals surface area contributed by atoms with Gasteiger partial charge in [0.15, 0.2) is 11.5 Å². The summed E-state index contributed by atoms with van der Waals surface area (Å²) in [6.45, 7) is 2.11. The fraction of sp³-hybridized carbons (Fsp3) is 0.115. The molecule has 1 aliphatic rings. The van der Waals surface area contributed by atoms with E-state index in [2.05, 4.69) is 5.32 Å². The van der Waals surface area contributed by atoms with E-state index in [1.165, 1.54) is 13.2 Å². The number of methoxy groups -OCH3 is 1. The highest BCUT2D eigenvalue weighted by Crippen LogP contribution is 2.38. The first-order valence-corrected chi connectivity index (χ1v) is 11.3. The molecule has 1 heterocycles. The van der Waals surface area contributed by atoms with Gasteiger partial charge in [0.25, 0.3) is 11.8 Å². The number of imide groups is 2. The van der Waals surface area contributed by atoms with Crippen LogP contribution >= 0.6 is 23.2 Å². The number of nitrogens with one attached hydrogen (secondary N) is 1. The molecule has 35 heavy (non-hydrogen) atoms. The molecular weight excluding hydrogens is 491 g/mol. The van der Waals surface area contributed by atoms with Crippen LogP contribution in [0.25, 0.3) is 6.08 Å². The second-order valence-electron chi connectivity index (χ2n) is 7.74. The summed E-state index contributed by atoms with van der Waals surface area (Å²) in [4.78, 5) is 38.9. The van der Waals surface area contributed by atoms with Crippen molar-refractivity contribution >= 4 is 52.8 Å². The van der Waals surface area contributed by atoms with E-state index < -0.39 is 17.8 Å². The Morgan fingerprint density at radius 1 is 0.971 bits per heavy atom. The van der Waals surface area contributed by atoms with Crippen molar-refractivity contribution in [1.29, 1.82) is 0 Å². The third kappa shape index (κ3) is 5.31. The van der Waals surface area contributed by atoms with Gasteiger partial charge in [0.05, 0.1) is 17.8 Å². The van der Waals surface area contributed by atoms with E-state index in [-0.39, 0.29) is 17.2 Å². The highest BCUT2D eigenvalue weighted by atomic mass is 35.5. The summed E-state index contributed by atoms with van der Waals surface area (Å²) in [7, 11) is 1.45. The van der Waals surface area contributed by atoms with Crippen LogP contribution < -0.4 is 19.7 Å². The average Bonchev–Trinajstić information content (AvgIpc) is 2.83. The molecule has 0 atom stereocenters. The van der Waals surface area contributed by atoms with Crippen molar-refractivity contribution < 1.29 is 23.9 Å². The fourth-order valence-corrected chi connectivity index (χ4v) is 3.85. The quantitative estimate of drug-likeness (QED) is 0.346. The van der Waals surface area contributed by atoms with Crippen molar-refractivity contribution in [3.8, 4) is 11.5 Å². The number of ether oxygens (including phenoxy) is 2. The number of carbonyl (C=O) groups excluding carboxylic acids is 3. The third-order valence-corrected chi connectivity index (χ3v) is 5.79. The standard InChI is InChI=1S/C26H20Cl2N2O5/c1-15-3-9-19(10-4-15)30-25(32)20(24(31)29-26(30)33)11-17-12-21(28)23(22(13-17)34-2)35-14-16-5-7-18(27)8-6-16/h3-13H,14H2,1-2H3,(H,29,31,33)/b20-11+. The van der Waals surface area contributed by atoms with Crippen molar-refractivity contribution in [3.63, 3.8) is 0 Å². The lowest BCUT2D eigenvalue weighted by molar-refractivity contribution is -0.122. The smallest absolute Gasteiger partial charge is 0.335 e. The molecule has 1 N–H and O–H groups in total. The summed E-state index contributed by atoms with van der Waals surface area (Å²) in [5.41, 5.74) is 2.38. The molecule has 0 aromatic heterocycles. The predicted molar refractivity (Wildman–Crippen MR) is 134 cm³/mol. The normalized spacial score (nSPS) is 14.8. The first-order valence-electron chi connectivity index (χ1n) is 10.5. The number of amides is 4. The summed E-state index contributed by atoms with van der Waals surface area (Å²) in [5, 5.41) is 3.04. The Labute approximate surface area is 211 Å². The summed E-state index contributed by atoms with van der Waals surface area (Å²) in [6, 6.07) is 16.3. The highest BCUT2D eigenvalue weighted by Gasteiger charge is 2.36. The Morgan fingerprint density at radius 2 is 1.66 bits per heavy atom. The number of hydrogen-bond acceptors (Lipinski definition) is 5. The van der Waals surface area contributed by atoms with Crippen LogP contribution in [0.2, 0.25) is 10.0 Å². The molecule has 3 aromatic carbocycles.